The number of nitrogens with one attached hydrogen (secondary N) is 1. The van der Waals surface area contributed by atoms with Crippen LogP contribution in [0.2, 0.25) is 0 Å². The van der Waals surface area contributed by atoms with Gasteiger partial charge in [0.15, 0.2) is 5.82 Å². The molecule has 3 heterocycles. The topological polar surface area (TPSA) is 79.2 Å². The SMILES string of the molecule is C=C/C(Nc1ncc(F)c(-c2cnc(C)n2C)n1)=C(C)\C=C(/C)C(=O)N1CCN(C)CC1. The first-order valence-corrected chi connectivity index (χ1v) is 10.5. The number of nitrogens with zero attached hydrogens (tertiary/aromatic N) is 6. The van der Waals surface area contributed by atoms with E-state index in [1.54, 1.807) is 23.9 Å². The zero-order valence-corrected chi connectivity index (χ0v) is 19.3. The lowest BCUT2D eigenvalue weighted by Crippen LogP contribution is -2.47. The second kappa shape index (κ2) is 9.86. The Balaban J connectivity index is 1.82. The Morgan fingerprint density at radius 3 is 2.44 bits per heavy atom. The van der Waals surface area contributed by atoms with Crippen molar-refractivity contribution in [2.24, 2.45) is 7.05 Å². The molecule has 0 atom stereocenters. The molecule has 1 aliphatic heterocycles. The molecule has 0 unspecified atom stereocenters. The van der Waals surface area contributed by atoms with Crippen LogP contribution in [-0.4, -0.2) is 68.5 Å². The Kier molecular flexibility index (Phi) is 7.19. The number of imidazole rings is 1. The Morgan fingerprint density at radius 2 is 1.84 bits per heavy atom. The van der Waals surface area contributed by atoms with Gasteiger partial charge in [-0.25, -0.2) is 19.3 Å². The van der Waals surface area contributed by atoms with E-state index in [2.05, 4.69) is 38.8 Å². The maximum absolute atomic E-state index is 14.4. The monoisotopic (exact) mass is 439 g/mol. The van der Waals surface area contributed by atoms with Crippen LogP contribution in [0.25, 0.3) is 11.4 Å². The standard InChI is InChI=1S/C23H30FN7O/c1-7-19(15(2)12-16(3)22(32)31-10-8-29(5)9-11-31)27-23-26-13-18(24)21(28-23)20-14-25-17(4)30(20)6/h7,12-14H,1,8-11H2,2-6H3,(H,26,27,28)/b16-12+,19-15+. The van der Waals surface area contributed by atoms with Gasteiger partial charge in [-0.3, -0.25) is 4.79 Å². The lowest BCUT2D eigenvalue weighted by molar-refractivity contribution is -0.128. The second-order valence-corrected chi connectivity index (χ2v) is 7.99. The summed E-state index contributed by atoms with van der Waals surface area (Å²) in [6.07, 6.45) is 6.15. The molecule has 1 saturated heterocycles. The number of aryl methyl sites for hydroxylation is 1. The van der Waals surface area contributed by atoms with Gasteiger partial charge in [0.1, 0.15) is 11.5 Å². The van der Waals surface area contributed by atoms with Crippen molar-refractivity contribution in [2.75, 3.05) is 38.5 Å². The van der Waals surface area contributed by atoms with Gasteiger partial charge >= 0.3 is 0 Å². The number of halogens is 1. The Bertz CT molecular complexity index is 1080. The van der Waals surface area contributed by atoms with Crippen LogP contribution in [0, 0.1) is 12.7 Å². The highest BCUT2D eigenvalue weighted by atomic mass is 19.1. The highest BCUT2D eigenvalue weighted by molar-refractivity contribution is 5.93. The third-order valence-electron chi connectivity index (χ3n) is 5.64. The third kappa shape index (κ3) is 5.11. The van der Waals surface area contributed by atoms with E-state index in [9.17, 15) is 9.18 Å². The van der Waals surface area contributed by atoms with E-state index in [1.807, 2.05) is 31.7 Å². The van der Waals surface area contributed by atoms with Crippen molar-refractivity contribution < 1.29 is 9.18 Å². The summed E-state index contributed by atoms with van der Waals surface area (Å²) < 4.78 is 16.2. The minimum atomic E-state index is -0.534. The van der Waals surface area contributed by atoms with E-state index >= 15 is 0 Å². The van der Waals surface area contributed by atoms with Crippen molar-refractivity contribution in [3.05, 3.63) is 59.6 Å². The van der Waals surface area contributed by atoms with Gasteiger partial charge in [0.25, 0.3) is 0 Å². The Morgan fingerprint density at radius 1 is 1.16 bits per heavy atom. The maximum atomic E-state index is 14.4. The molecule has 2 aromatic rings. The molecule has 0 radical (unpaired) electrons. The van der Waals surface area contributed by atoms with Crippen LogP contribution in [-0.2, 0) is 11.8 Å². The molecule has 1 aliphatic rings. The van der Waals surface area contributed by atoms with Crippen molar-refractivity contribution in [1.29, 1.82) is 0 Å². The molecule has 32 heavy (non-hydrogen) atoms. The number of hydrogen-bond donors (Lipinski definition) is 1. The first kappa shape index (κ1) is 23.3. The van der Waals surface area contributed by atoms with Crippen LogP contribution in [0.15, 0.2) is 48.0 Å². The number of carbonyl (C=O) groups excluding carboxylic acids is 1. The van der Waals surface area contributed by atoms with Crippen molar-refractivity contribution in [2.45, 2.75) is 20.8 Å². The van der Waals surface area contributed by atoms with E-state index < -0.39 is 5.82 Å². The molecule has 0 saturated carbocycles. The molecule has 8 nitrogen and oxygen atoms in total. The number of likely N-dealkylation sites (N-methyl/N-ethyl adjacent to an activating group) is 1. The smallest absolute Gasteiger partial charge is 0.249 e. The summed E-state index contributed by atoms with van der Waals surface area (Å²) >= 11 is 0. The predicted molar refractivity (Wildman–Crippen MR) is 123 cm³/mol. The molecule has 0 aliphatic carbocycles. The van der Waals surface area contributed by atoms with E-state index in [-0.39, 0.29) is 17.5 Å². The first-order chi connectivity index (χ1) is 15.2. The molecular formula is C23H30FN7O. The molecule has 170 valence electrons. The highest BCUT2D eigenvalue weighted by Crippen LogP contribution is 2.22. The second-order valence-electron chi connectivity index (χ2n) is 7.99. The average molecular weight is 440 g/mol. The molecule has 1 N–H and O–H groups in total. The fraction of sp³-hybridized carbons (Fsp3) is 0.391. The number of piperazine rings is 1. The van der Waals surface area contributed by atoms with Crippen LogP contribution in [0.3, 0.4) is 0 Å². The number of rotatable bonds is 6. The van der Waals surface area contributed by atoms with Crippen molar-refractivity contribution in [3.63, 3.8) is 0 Å². The fourth-order valence-electron chi connectivity index (χ4n) is 3.48. The Labute approximate surface area is 188 Å². The quantitative estimate of drug-likeness (QED) is 0.551. The number of allylic oxidation sites excluding steroid dienone is 3. The van der Waals surface area contributed by atoms with Crippen LogP contribution < -0.4 is 5.32 Å². The summed E-state index contributed by atoms with van der Waals surface area (Å²) in [6.45, 7) is 12.5. The third-order valence-corrected chi connectivity index (χ3v) is 5.64. The van der Waals surface area contributed by atoms with Gasteiger partial charge in [0, 0.05) is 44.5 Å². The molecule has 1 amide bonds. The van der Waals surface area contributed by atoms with Crippen LogP contribution in [0.5, 0.6) is 0 Å². The summed E-state index contributed by atoms with van der Waals surface area (Å²) in [5, 5.41) is 3.09. The summed E-state index contributed by atoms with van der Waals surface area (Å²) in [7, 11) is 3.86. The minimum absolute atomic E-state index is 0.0211. The molecular weight excluding hydrogens is 409 g/mol. The van der Waals surface area contributed by atoms with Gasteiger partial charge in [-0.2, -0.15) is 0 Å². The van der Waals surface area contributed by atoms with Crippen molar-refractivity contribution >= 4 is 11.9 Å². The first-order valence-electron chi connectivity index (χ1n) is 10.5. The number of amides is 1. The van der Waals surface area contributed by atoms with E-state index in [0.29, 0.717) is 17.0 Å². The normalized spacial score (nSPS) is 16.1. The highest BCUT2D eigenvalue weighted by Gasteiger charge is 2.20. The zero-order valence-electron chi connectivity index (χ0n) is 19.3. The average Bonchev–Trinajstić information content (AvgIpc) is 3.11. The maximum Gasteiger partial charge on any atom is 0.249 e. The largest absolute Gasteiger partial charge is 0.336 e. The summed E-state index contributed by atoms with van der Waals surface area (Å²) in [6, 6.07) is 0. The molecule has 1 fully saturated rings. The van der Waals surface area contributed by atoms with Crippen LogP contribution in [0.1, 0.15) is 19.7 Å². The Hall–Kier alpha value is -3.33. The summed E-state index contributed by atoms with van der Waals surface area (Å²) in [4.78, 5) is 29.5. The number of anilines is 1. The van der Waals surface area contributed by atoms with Crippen LogP contribution >= 0.6 is 0 Å². The molecule has 0 bridgehead atoms. The molecule has 9 heteroatoms. The van der Waals surface area contributed by atoms with Gasteiger partial charge in [0.05, 0.1) is 18.1 Å². The summed E-state index contributed by atoms with van der Waals surface area (Å²) in [5.41, 5.74) is 2.78. The van der Waals surface area contributed by atoms with E-state index in [4.69, 9.17) is 0 Å². The van der Waals surface area contributed by atoms with Gasteiger partial charge in [-0.15, -0.1) is 0 Å². The molecule has 0 spiro atoms. The predicted octanol–water partition coefficient (Wildman–Crippen LogP) is 2.92. The molecule has 0 aromatic carbocycles. The lowest BCUT2D eigenvalue weighted by atomic mass is 10.1. The van der Waals surface area contributed by atoms with E-state index in [0.717, 1.165) is 43.8 Å². The molecule has 3 rings (SSSR count). The summed E-state index contributed by atoms with van der Waals surface area (Å²) in [5.74, 6) is 0.465. The van der Waals surface area contributed by atoms with Gasteiger partial charge < -0.3 is 19.7 Å². The van der Waals surface area contributed by atoms with Crippen molar-refractivity contribution in [3.8, 4) is 11.4 Å². The van der Waals surface area contributed by atoms with Crippen LogP contribution in [0.4, 0.5) is 10.3 Å². The zero-order chi connectivity index (χ0) is 23.4. The molecule has 2 aromatic heterocycles. The van der Waals surface area contributed by atoms with Gasteiger partial charge in [0.2, 0.25) is 11.9 Å². The van der Waals surface area contributed by atoms with E-state index in [1.165, 1.54) is 0 Å². The fourth-order valence-corrected chi connectivity index (χ4v) is 3.48. The number of hydrogen-bond acceptors (Lipinski definition) is 6. The number of carbonyl (C=O) groups is 1. The number of aromatic nitrogens is 4. The van der Waals surface area contributed by atoms with Gasteiger partial charge in [-0.05, 0) is 45.5 Å². The minimum Gasteiger partial charge on any atom is -0.336 e. The van der Waals surface area contributed by atoms with Gasteiger partial charge in [-0.1, -0.05) is 6.58 Å². The van der Waals surface area contributed by atoms with Crippen molar-refractivity contribution in [1.82, 2.24) is 29.3 Å². The lowest BCUT2D eigenvalue weighted by Gasteiger charge is -2.32.